The molecular formula is C13H16N2O. The molecule has 3 heteroatoms. The Bertz CT molecular complexity index is 415. The van der Waals surface area contributed by atoms with Gasteiger partial charge in [-0.1, -0.05) is 30.0 Å². The van der Waals surface area contributed by atoms with Crippen molar-refractivity contribution >= 4 is 5.91 Å². The van der Waals surface area contributed by atoms with Gasteiger partial charge in [0, 0.05) is 19.0 Å². The zero-order valence-electron chi connectivity index (χ0n) is 9.63. The van der Waals surface area contributed by atoms with Crippen LogP contribution >= 0.6 is 0 Å². The van der Waals surface area contributed by atoms with Crippen molar-refractivity contribution in [3.05, 3.63) is 35.4 Å². The molecule has 0 aromatic heterocycles. The summed E-state index contributed by atoms with van der Waals surface area (Å²) >= 11 is 0. The monoisotopic (exact) mass is 216 g/mol. The Balaban J connectivity index is 2.68. The van der Waals surface area contributed by atoms with Crippen LogP contribution in [0.15, 0.2) is 24.3 Å². The summed E-state index contributed by atoms with van der Waals surface area (Å²) in [6.07, 6.45) is 0. The van der Waals surface area contributed by atoms with Crippen LogP contribution in [0.5, 0.6) is 0 Å². The van der Waals surface area contributed by atoms with Crippen molar-refractivity contribution in [1.82, 2.24) is 10.6 Å². The molecule has 1 amide bonds. The van der Waals surface area contributed by atoms with Gasteiger partial charge in [0.05, 0.1) is 6.54 Å². The molecule has 0 aliphatic carbocycles. The van der Waals surface area contributed by atoms with Gasteiger partial charge < -0.3 is 10.6 Å². The lowest BCUT2D eigenvalue weighted by Gasteiger charge is -2.02. The van der Waals surface area contributed by atoms with E-state index in [0.29, 0.717) is 6.54 Å². The van der Waals surface area contributed by atoms with Gasteiger partial charge in [-0.05, 0) is 18.7 Å². The minimum Gasteiger partial charge on any atom is -0.345 e. The van der Waals surface area contributed by atoms with Crippen LogP contribution in [0.2, 0.25) is 0 Å². The van der Waals surface area contributed by atoms with Crippen LogP contribution in [-0.2, 0) is 11.3 Å². The third-order valence-corrected chi connectivity index (χ3v) is 2.03. The summed E-state index contributed by atoms with van der Waals surface area (Å²) in [6, 6.07) is 7.97. The van der Waals surface area contributed by atoms with Crippen LogP contribution in [0.25, 0.3) is 0 Å². The highest BCUT2D eigenvalue weighted by Gasteiger charge is 1.96. The third-order valence-electron chi connectivity index (χ3n) is 2.03. The average molecular weight is 216 g/mol. The highest BCUT2D eigenvalue weighted by Crippen LogP contribution is 2.06. The van der Waals surface area contributed by atoms with Gasteiger partial charge in [-0.15, -0.1) is 0 Å². The Morgan fingerprint density at radius 3 is 2.81 bits per heavy atom. The molecule has 1 aromatic rings. The van der Waals surface area contributed by atoms with E-state index in [-0.39, 0.29) is 5.91 Å². The lowest BCUT2D eigenvalue weighted by molar-refractivity contribution is -0.118. The molecule has 84 valence electrons. The Hall–Kier alpha value is -1.79. The third kappa shape index (κ3) is 4.16. The van der Waals surface area contributed by atoms with Crippen LogP contribution in [0.4, 0.5) is 0 Å². The fraction of sp³-hybridized carbons (Fsp3) is 0.308. The van der Waals surface area contributed by atoms with Crippen LogP contribution in [0, 0.1) is 11.8 Å². The summed E-state index contributed by atoms with van der Waals surface area (Å²) in [5.41, 5.74) is 2.17. The summed E-state index contributed by atoms with van der Waals surface area (Å²) in [4.78, 5) is 10.6. The molecule has 0 unspecified atom stereocenters. The van der Waals surface area contributed by atoms with E-state index < -0.39 is 0 Å². The lowest BCUT2D eigenvalue weighted by Crippen LogP contribution is -2.19. The molecule has 0 radical (unpaired) electrons. The smallest absolute Gasteiger partial charge is 0.217 e. The molecule has 0 saturated carbocycles. The zero-order valence-corrected chi connectivity index (χ0v) is 9.63. The second-order valence-corrected chi connectivity index (χ2v) is 3.40. The second-order valence-electron chi connectivity index (χ2n) is 3.40. The highest BCUT2D eigenvalue weighted by atomic mass is 16.1. The Labute approximate surface area is 96.2 Å². The SMILES string of the molecule is CNCc1ccccc1C#CCNC(C)=O. The quantitative estimate of drug-likeness (QED) is 0.737. The Morgan fingerprint density at radius 2 is 2.12 bits per heavy atom. The molecule has 0 bridgehead atoms. The Morgan fingerprint density at radius 1 is 1.38 bits per heavy atom. The summed E-state index contributed by atoms with van der Waals surface area (Å²) in [6.45, 7) is 2.67. The van der Waals surface area contributed by atoms with Gasteiger partial charge in [0.15, 0.2) is 0 Å². The van der Waals surface area contributed by atoms with Gasteiger partial charge in [-0.25, -0.2) is 0 Å². The van der Waals surface area contributed by atoms with E-state index in [4.69, 9.17) is 0 Å². The largest absolute Gasteiger partial charge is 0.345 e. The first-order chi connectivity index (χ1) is 7.74. The van der Waals surface area contributed by atoms with E-state index in [2.05, 4.69) is 22.5 Å². The van der Waals surface area contributed by atoms with Crippen LogP contribution in [0.3, 0.4) is 0 Å². The molecule has 1 aromatic carbocycles. The first-order valence-corrected chi connectivity index (χ1v) is 5.20. The van der Waals surface area contributed by atoms with Gasteiger partial charge in [0.1, 0.15) is 0 Å². The molecule has 1 rings (SSSR count). The molecule has 0 aliphatic heterocycles. The first-order valence-electron chi connectivity index (χ1n) is 5.20. The number of carbonyl (C=O) groups excluding carboxylic acids is 1. The van der Waals surface area contributed by atoms with E-state index in [9.17, 15) is 4.79 Å². The molecule has 0 atom stereocenters. The molecule has 0 fully saturated rings. The number of amides is 1. The Kier molecular flexibility index (Phi) is 5.10. The maximum Gasteiger partial charge on any atom is 0.217 e. The van der Waals surface area contributed by atoms with Crippen LogP contribution in [0.1, 0.15) is 18.1 Å². The van der Waals surface area contributed by atoms with Gasteiger partial charge in [0.25, 0.3) is 0 Å². The van der Waals surface area contributed by atoms with Crippen LogP contribution < -0.4 is 10.6 Å². The second kappa shape index (κ2) is 6.65. The molecule has 2 N–H and O–H groups in total. The first kappa shape index (κ1) is 12.3. The summed E-state index contributed by atoms with van der Waals surface area (Å²) < 4.78 is 0. The number of carbonyl (C=O) groups is 1. The normalized spacial score (nSPS) is 9.12. The minimum absolute atomic E-state index is 0.0576. The number of rotatable bonds is 3. The van der Waals surface area contributed by atoms with Crippen molar-refractivity contribution in [3.63, 3.8) is 0 Å². The number of benzene rings is 1. The van der Waals surface area contributed by atoms with E-state index >= 15 is 0 Å². The standard InChI is InChI=1S/C13H16N2O/c1-11(16)15-9-5-8-12-6-3-4-7-13(12)10-14-2/h3-4,6-7,14H,9-10H2,1-2H3,(H,15,16). The lowest BCUT2D eigenvalue weighted by atomic mass is 10.1. The molecule has 0 saturated heterocycles. The summed E-state index contributed by atoms with van der Waals surface area (Å²) in [5, 5.41) is 5.73. The molecule has 16 heavy (non-hydrogen) atoms. The highest BCUT2D eigenvalue weighted by molar-refractivity contribution is 5.73. The molecular weight excluding hydrogens is 200 g/mol. The maximum absolute atomic E-state index is 10.6. The van der Waals surface area contributed by atoms with E-state index in [1.165, 1.54) is 12.5 Å². The van der Waals surface area contributed by atoms with Crippen molar-refractivity contribution in [1.29, 1.82) is 0 Å². The number of hydrogen-bond acceptors (Lipinski definition) is 2. The molecule has 0 heterocycles. The fourth-order valence-electron chi connectivity index (χ4n) is 1.29. The average Bonchev–Trinajstić information content (AvgIpc) is 2.26. The minimum atomic E-state index is -0.0576. The molecule has 0 spiro atoms. The van der Waals surface area contributed by atoms with Gasteiger partial charge >= 0.3 is 0 Å². The predicted octanol–water partition coefficient (Wildman–Crippen LogP) is 0.894. The molecule has 0 aliphatic rings. The van der Waals surface area contributed by atoms with Crippen molar-refractivity contribution in [2.75, 3.05) is 13.6 Å². The maximum atomic E-state index is 10.6. The van der Waals surface area contributed by atoms with Crippen molar-refractivity contribution in [3.8, 4) is 11.8 Å². The molecule has 3 nitrogen and oxygen atoms in total. The number of hydrogen-bond donors (Lipinski definition) is 2. The number of nitrogens with one attached hydrogen (secondary N) is 2. The van der Waals surface area contributed by atoms with Gasteiger partial charge in [-0.2, -0.15) is 0 Å². The summed E-state index contributed by atoms with van der Waals surface area (Å²) in [7, 11) is 1.90. The van der Waals surface area contributed by atoms with Gasteiger partial charge in [0.2, 0.25) is 5.91 Å². The van der Waals surface area contributed by atoms with Gasteiger partial charge in [-0.3, -0.25) is 4.79 Å². The fourth-order valence-corrected chi connectivity index (χ4v) is 1.29. The van der Waals surface area contributed by atoms with E-state index in [0.717, 1.165) is 12.1 Å². The van der Waals surface area contributed by atoms with E-state index in [1.54, 1.807) is 0 Å². The van der Waals surface area contributed by atoms with E-state index in [1.807, 2.05) is 31.3 Å². The van der Waals surface area contributed by atoms with Crippen molar-refractivity contribution in [2.45, 2.75) is 13.5 Å². The predicted molar refractivity (Wildman–Crippen MR) is 64.8 cm³/mol. The topological polar surface area (TPSA) is 41.1 Å². The van der Waals surface area contributed by atoms with Crippen LogP contribution in [-0.4, -0.2) is 19.5 Å². The zero-order chi connectivity index (χ0) is 11.8. The van der Waals surface area contributed by atoms with Crippen molar-refractivity contribution < 1.29 is 4.79 Å². The summed E-state index contributed by atoms with van der Waals surface area (Å²) in [5.74, 6) is 5.91. The van der Waals surface area contributed by atoms with Crippen molar-refractivity contribution in [2.24, 2.45) is 0 Å².